The van der Waals surface area contributed by atoms with Gasteiger partial charge in [0.25, 0.3) is 0 Å². The molecule has 2 aromatic carbocycles. The molecule has 0 N–H and O–H groups in total. The van der Waals surface area contributed by atoms with Crippen molar-refractivity contribution in [3.63, 3.8) is 0 Å². The average Bonchev–Trinajstić information content (AvgIpc) is 2.72. The molecule has 0 amide bonds. The lowest BCUT2D eigenvalue weighted by Crippen LogP contribution is -2.46. The van der Waals surface area contributed by atoms with E-state index in [4.69, 9.17) is 9.47 Å². The first-order valence-electron chi connectivity index (χ1n) is 11.0. The molecule has 0 heterocycles. The molecule has 0 radical (unpaired) electrons. The number of benzene rings is 2. The van der Waals surface area contributed by atoms with E-state index in [1.54, 1.807) is 7.11 Å². The molecular weight excluding hydrogens is 374 g/mol. The van der Waals surface area contributed by atoms with Crippen LogP contribution in [0.5, 0.6) is 5.75 Å². The number of fused-ring (bicyclic) bond motifs is 1. The highest BCUT2D eigenvalue weighted by atomic mass is 16.6. The molecule has 0 aliphatic heterocycles. The van der Waals surface area contributed by atoms with Crippen molar-refractivity contribution in [1.82, 2.24) is 4.90 Å². The van der Waals surface area contributed by atoms with Gasteiger partial charge >= 0.3 is 5.97 Å². The summed E-state index contributed by atoms with van der Waals surface area (Å²) in [4.78, 5) is 15.7. The second-order valence-corrected chi connectivity index (χ2v) is 9.08. The van der Waals surface area contributed by atoms with Gasteiger partial charge in [-0.3, -0.25) is 4.90 Å². The zero-order valence-corrected chi connectivity index (χ0v) is 19.0. The van der Waals surface area contributed by atoms with Crippen molar-refractivity contribution < 1.29 is 14.3 Å². The number of esters is 1. The van der Waals surface area contributed by atoms with Crippen molar-refractivity contribution in [2.75, 3.05) is 13.7 Å². The second kappa shape index (κ2) is 9.65. The molecule has 4 nitrogen and oxygen atoms in total. The molecule has 4 heteroatoms. The molecule has 162 valence electrons. The Morgan fingerprint density at radius 2 is 1.87 bits per heavy atom. The summed E-state index contributed by atoms with van der Waals surface area (Å²) in [5.74, 6) is 0.804. The second-order valence-electron chi connectivity index (χ2n) is 9.08. The summed E-state index contributed by atoms with van der Waals surface area (Å²) in [6, 6.07) is 16.2. The van der Waals surface area contributed by atoms with Gasteiger partial charge in [0.15, 0.2) is 0 Å². The summed E-state index contributed by atoms with van der Waals surface area (Å²) in [5.41, 5.74) is 3.11. The number of nitrogens with zero attached hydrogens (tertiary/aromatic N) is 1. The minimum Gasteiger partial charge on any atom is -0.496 e. The van der Waals surface area contributed by atoms with Crippen molar-refractivity contribution in [3.8, 4) is 5.75 Å². The Morgan fingerprint density at radius 3 is 2.50 bits per heavy atom. The van der Waals surface area contributed by atoms with Gasteiger partial charge < -0.3 is 9.47 Å². The van der Waals surface area contributed by atoms with E-state index >= 15 is 0 Å². The van der Waals surface area contributed by atoms with E-state index in [9.17, 15) is 4.79 Å². The number of methoxy groups -OCH3 is 1. The molecular formula is C26H35NO3. The molecule has 2 aromatic rings. The molecule has 0 aromatic heterocycles. The van der Waals surface area contributed by atoms with E-state index < -0.39 is 11.6 Å². The topological polar surface area (TPSA) is 38.8 Å². The Labute approximate surface area is 181 Å². The van der Waals surface area contributed by atoms with Gasteiger partial charge in [-0.15, -0.1) is 0 Å². The number of carbonyl (C=O) groups excluding carboxylic acids is 1. The van der Waals surface area contributed by atoms with Crippen molar-refractivity contribution in [2.45, 2.75) is 71.1 Å². The molecule has 30 heavy (non-hydrogen) atoms. The van der Waals surface area contributed by atoms with Gasteiger partial charge in [-0.05, 0) is 75.8 Å². The van der Waals surface area contributed by atoms with E-state index in [-0.39, 0.29) is 12.0 Å². The summed E-state index contributed by atoms with van der Waals surface area (Å²) >= 11 is 0. The minimum absolute atomic E-state index is 0.168. The predicted molar refractivity (Wildman–Crippen MR) is 121 cm³/mol. The first-order chi connectivity index (χ1) is 14.3. The van der Waals surface area contributed by atoms with Gasteiger partial charge in [-0.2, -0.15) is 0 Å². The summed E-state index contributed by atoms with van der Waals surface area (Å²) in [5, 5.41) is 0. The molecule has 3 rings (SSSR count). The van der Waals surface area contributed by atoms with Crippen LogP contribution in [-0.4, -0.2) is 36.2 Å². The van der Waals surface area contributed by atoms with Crippen molar-refractivity contribution in [2.24, 2.45) is 0 Å². The van der Waals surface area contributed by atoms with Gasteiger partial charge in [0, 0.05) is 6.04 Å². The van der Waals surface area contributed by atoms with Gasteiger partial charge in [0.05, 0.1) is 7.11 Å². The van der Waals surface area contributed by atoms with Crippen LogP contribution in [0.3, 0.4) is 0 Å². The number of hydrogen-bond donors (Lipinski definition) is 0. The fraction of sp³-hybridized carbons (Fsp3) is 0.500. The van der Waals surface area contributed by atoms with Crippen molar-refractivity contribution in [3.05, 3.63) is 65.2 Å². The van der Waals surface area contributed by atoms with Crippen LogP contribution in [0.1, 0.15) is 63.3 Å². The van der Waals surface area contributed by atoms with Crippen LogP contribution in [0.2, 0.25) is 0 Å². The molecule has 0 saturated heterocycles. The largest absolute Gasteiger partial charge is 0.496 e. The molecule has 2 atom stereocenters. The smallest absolute Gasteiger partial charge is 0.328 e. The summed E-state index contributed by atoms with van der Waals surface area (Å²) in [6.45, 7) is 8.81. The van der Waals surface area contributed by atoms with E-state index in [2.05, 4.69) is 24.0 Å². The molecule has 1 unspecified atom stereocenters. The lowest BCUT2D eigenvalue weighted by molar-refractivity contribution is -0.163. The lowest BCUT2D eigenvalue weighted by atomic mass is 9.85. The van der Waals surface area contributed by atoms with E-state index in [1.807, 2.05) is 57.2 Å². The zero-order chi connectivity index (χ0) is 21.7. The molecule has 1 aliphatic carbocycles. The van der Waals surface area contributed by atoms with Crippen LogP contribution in [0.25, 0.3) is 0 Å². The zero-order valence-electron chi connectivity index (χ0n) is 19.0. The van der Waals surface area contributed by atoms with Crippen LogP contribution in [-0.2, 0) is 22.4 Å². The molecule has 0 bridgehead atoms. The highest BCUT2D eigenvalue weighted by Gasteiger charge is 2.37. The standard InChI is InChI=1S/C26H35NO3/c1-6-17-27(21-15-16-22-20(18-21)13-10-14-23(22)29-5)24(19-11-8-7-9-12-19)25(28)30-26(2,3)4/h7-14,21,24H,6,15-18H2,1-5H3/t21-,24?/m0/s1. The number of carbonyl (C=O) groups is 1. The van der Waals surface area contributed by atoms with Crippen molar-refractivity contribution >= 4 is 5.97 Å². The highest BCUT2D eigenvalue weighted by molar-refractivity contribution is 5.78. The molecule has 0 saturated carbocycles. The van der Waals surface area contributed by atoms with Crippen LogP contribution in [0.15, 0.2) is 48.5 Å². The van der Waals surface area contributed by atoms with Crippen LogP contribution < -0.4 is 4.74 Å². The molecule has 1 aliphatic rings. The van der Waals surface area contributed by atoms with E-state index in [1.165, 1.54) is 11.1 Å². The fourth-order valence-corrected chi connectivity index (χ4v) is 4.46. The average molecular weight is 410 g/mol. The number of hydrogen-bond acceptors (Lipinski definition) is 4. The van der Waals surface area contributed by atoms with E-state index in [0.29, 0.717) is 0 Å². The molecule has 0 spiro atoms. The normalized spacial score (nSPS) is 17.3. The monoisotopic (exact) mass is 409 g/mol. The van der Waals surface area contributed by atoms with Gasteiger partial charge in [-0.1, -0.05) is 49.4 Å². The Hall–Kier alpha value is -2.33. The Bertz CT molecular complexity index is 841. The third kappa shape index (κ3) is 5.23. The Kier molecular flexibility index (Phi) is 7.19. The first kappa shape index (κ1) is 22.4. The van der Waals surface area contributed by atoms with E-state index in [0.717, 1.165) is 43.5 Å². The minimum atomic E-state index is -0.519. The van der Waals surface area contributed by atoms with Crippen LogP contribution in [0.4, 0.5) is 0 Å². The van der Waals surface area contributed by atoms with Crippen molar-refractivity contribution in [1.29, 1.82) is 0 Å². The SMILES string of the molecule is CCCN(C(C(=O)OC(C)(C)C)c1ccccc1)[C@H]1CCc2c(cccc2OC)C1. The number of rotatable bonds is 7. The van der Waals surface area contributed by atoms with Crippen LogP contribution >= 0.6 is 0 Å². The summed E-state index contributed by atoms with van der Waals surface area (Å²) in [7, 11) is 1.74. The molecule has 0 fully saturated rings. The van der Waals surface area contributed by atoms with Gasteiger partial charge in [-0.25, -0.2) is 4.79 Å². The van der Waals surface area contributed by atoms with Gasteiger partial charge in [0.2, 0.25) is 0 Å². The predicted octanol–water partition coefficient (Wildman–Crippen LogP) is 5.35. The maximum atomic E-state index is 13.4. The summed E-state index contributed by atoms with van der Waals surface area (Å²) in [6.07, 6.45) is 3.85. The maximum Gasteiger partial charge on any atom is 0.328 e. The Balaban J connectivity index is 1.95. The Morgan fingerprint density at radius 1 is 1.13 bits per heavy atom. The third-order valence-electron chi connectivity index (χ3n) is 5.66. The fourth-order valence-electron chi connectivity index (χ4n) is 4.46. The number of ether oxygens (including phenoxy) is 2. The summed E-state index contributed by atoms with van der Waals surface area (Å²) < 4.78 is 11.5. The highest BCUT2D eigenvalue weighted by Crippen LogP contribution is 2.35. The lowest BCUT2D eigenvalue weighted by Gasteiger charge is -2.40. The quantitative estimate of drug-likeness (QED) is 0.578. The maximum absolute atomic E-state index is 13.4. The van der Waals surface area contributed by atoms with Crippen LogP contribution in [0, 0.1) is 0 Å². The first-order valence-corrected chi connectivity index (χ1v) is 11.0. The van der Waals surface area contributed by atoms with Gasteiger partial charge in [0.1, 0.15) is 17.4 Å². The third-order valence-corrected chi connectivity index (χ3v) is 5.66.